The Morgan fingerprint density at radius 3 is 2.57 bits per heavy atom. The summed E-state index contributed by atoms with van der Waals surface area (Å²) < 4.78 is 5.16. The summed E-state index contributed by atoms with van der Waals surface area (Å²) in [6.45, 7) is 4.03. The van der Waals surface area contributed by atoms with Crippen LogP contribution in [0.2, 0.25) is 0 Å². The van der Waals surface area contributed by atoms with Gasteiger partial charge in [0.2, 0.25) is 0 Å². The number of carbonyl (C=O) groups excluding carboxylic acids is 3. The highest BCUT2D eigenvalue weighted by Gasteiger charge is 2.40. The first kappa shape index (κ1) is 19.6. The van der Waals surface area contributed by atoms with Crippen molar-refractivity contribution in [2.45, 2.75) is 20.3 Å². The number of imide groups is 1. The Bertz CT molecular complexity index is 984. The van der Waals surface area contributed by atoms with Crippen molar-refractivity contribution >= 4 is 40.8 Å². The lowest BCUT2D eigenvalue weighted by molar-refractivity contribution is -0.120. The summed E-state index contributed by atoms with van der Waals surface area (Å²) in [5.74, 6) is -1.93. The van der Waals surface area contributed by atoms with Gasteiger partial charge in [-0.3, -0.25) is 9.59 Å². The molecule has 28 heavy (non-hydrogen) atoms. The summed E-state index contributed by atoms with van der Waals surface area (Å²) in [4.78, 5) is 38.9. The summed E-state index contributed by atoms with van der Waals surface area (Å²) in [5.41, 5.74) is 1.84. The van der Waals surface area contributed by atoms with E-state index in [2.05, 4.69) is 5.32 Å². The van der Waals surface area contributed by atoms with Crippen molar-refractivity contribution in [1.29, 1.82) is 0 Å². The Labute approximate surface area is 167 Å². The van der Waals surface area contributed by atoms with Crippen LogP contribution in [0.5, 0.6) is 0 Å². The second kappa shape index (κ2) is 8.27. The first-order valence-corrected chi connectivity index (χ1v) is 9.20. The van der Waals surface area contributed by atoms with E-state index < -0.39 is 17.8 Å². The molecule has 3 rings (SSSR count). The predicted octanol–water partition coefficient (Wildman–Crippen LogP) is 4.00. The minimum Gasteiger partial charge on any atom is -0.462 e. The van der Waals surface area contributed by atoms with Gasteiger partial charge in [0.05, 0.1) is 17.9 Å². The van der Waals surface area contributed by atoms with Gasteiger partial charge in [-0.2, -0.15) is 0 Å². The molecule has 0 fully saturated rings. The number of amides is 2. The highest BCUT2D eigenvalue weighted by Crippen LogP contribution is 2.32. The number of halogens is 1. The Morgan fingerprint density at radius 2 is 1.86 bits per heavy atom. The molecule has 2 amide bonds. The number of hydrogen-bond donors (Lipinski definition) is 1. The number of anilines is 2. The van der Waals surface area contributed by atoms with Crippen LogP contribution in [0.3, 0.4) is 0 Å². The Balaban J connectivity index is 1.93. The predicted molar refractivity (Wildman–Crippen MR) is 107 cm³/mol. The van der Waals surface area contributed by atoms with Crippen LogP contribution in [-0.4, -0.2) is 24.4 Å². The monoisotopic (exact) mass is 398 g/mol. The average molecular weight is 399 g/mol. The summed E-state index contributed by atoms with van der Waals surface area (Å²) in [7, 11) is 0. The zero-order valence-electron chi connectivity index (χ0n) is 15.5. The first-order valence-electron chi connectivity index (χ1n) is 8.82. The molecule has 1 N–H and O–H groups in total. The minimum atomic E-state index is -0.697. The van der Waals surface area contributed by atoms with Gasteiger partial charge in [-0.1, -0.05) is 42.8 Å². The maximum Gasteiger partial charge on any atom is 0.340 e. The van der Waals surface area contributed by atoms with Gasteiger partial charge in [0.1, 0.15) is 10.7 Å². The molecule has 0 saturated heterocycles. The maximum atomic E-state index is 13.0. The fraction of sp³-hybridized carbons (Fsp3) is 0.190. The third-order valence-corrected chi connectivity index (χ3v) is 4.47. The van der Waals surface area contributed by atoms with E-state index >= 15 is 0 Å². The van der Waals surface area contributed by atoms with Crippen molar-refractivity contribution in [3.8, 4) is 0 Å². The smallest absolute Gasteiger partial charge is 0.340 e. The number of esters is 1. The fourth-order valence-corrected chi connectivity index (χ4v) is 3.02. The highest BCUT2D eigenvalue weighted by molar-refractivity contribution is 6.53. The molecule has 1 heterocycles. The summed E-state index contributed by atoms with van der Waals surface area (Å²) >= 11 is 6.16. The zero-order valence-corrected chi connectivity index (χ0v) is 16.2. The molecule has 7 heteroatoms. The van der Waals surface area contributed by atoms with Crippen LogP contribution in [0.4, 0.5) is 11.4 Å². The lowest BCUT2D eigenvalue weighted by Gasteiger charge is -2.18. The first-order chi connectivity index (χ1) is 13.4. The molecule has 1 aliphatic rings. The van der Waals surface area contributed by atoms with E-state index in [4.69, 9.17) is 16.3 Å². The maximum absolute atomic E-state index is 13.0. The SMILES string of the molecule is CCCOC(=O)c1ccccc1N1C(=O)C(Cl)=C(Nc2cccc(C)c2)C1=O. The number of para-hydroxylation sites is 1. The largest absolute Gasteiger partial charge is 0.462 e. The van der Waals surface area contributed by atoms with Gasteiger partial charge in [-0.05, 0) is 43.2 Å². The molecule has 0 saturated carbocycles. The van der Waals surface area contributed by atoms with Gasteiger partial charge in [0.15, 0.2) is 0 Å². The van der Waals surface area contributed by atoms with Crippen LogP contribution >= 0.6 is 11.6 Å². The van der Waals surface area contributed by atoms with E-state index in [1.54, 1.807) is 18.2 Å². The molecule has 144 valence electrons. The number of ether oxygens (including phenoxy) is 1. The lowest BCUT2D eigenvalue weighted by atomic mass is 10.1. The molecule has 1 aliphatic heterocycles. The number of aryl methyl sites for hydroxylation is 1. The Kier molecular flexibility index (Phi) is 5.80. The molecular weight excluding hydrogens is 380 g/mol. The molecule has 0 bridgehead atoms. The van der Waals surface area contributed by atoms with Gasteiger partial charge < -0.3 is 10.1 Å². The van der Waals surface area contributed by atoms with Crippen LogP contribution in [0.15, 0.2) is 59.3 Å². The summed E-state index contributed by atoms with van der Waals surface area (Å²) in [6, 6.07) is 13.6. The number of rotatable bonds is 6. The molecule has 6 nitrogen and oxygen atoms in total. The van der Waals surface area contributed by atoms with Gasteiger partial charge in [0.25, 0.3) is 11.8 Å². The normalized spacial score (nSPS) is 13.9. The average Bonchev–Trinajstić information content (AvgIpc) is 2.89. The van der Waals surface area contributed by atoms with Crippen molar-refractivity contribution in [1.82, 2.24) is 0 Å². The van der Waals surface area contributed by atoms with E-state index in [0.717, 1.165) is 10.5 Å². The minimum absolute atomic E-state index is 0.0333. The van der Waals surface area contributed by atoms with Crippen molar-refractivity contribution < 1.29 is 19.1 Å². The van der Waals surface area contributed by atoms with Crippen molar-refractivity contribution in [2.75, 3.05) is 16.8 Å². The second-order valence-electron chi connectivity index (χ2n) is 6.28. The van der Waals surface area contributed by atoms with Crippen molar-refractivity contribution in [3.63, 3.8) is 0 Å². The second-order valence-corrected chi connectivity index (χ2v) is 6.66. The number of carbonyl (C=O) groups is 3. The van der Waals surface area contributed by atoms with Gasteiger partial charge >= 0.3 is 5.97 Å². The van der Waals surface area contributed by atoms with Gasteiger partial charge in [-0.25, -0.2) is 9.69 Å². The van der Waals surface area contributed by atoms with E-state index in [-0.39, 0.29) is 28.6 Å². The fourth-order valence-electron chi connectivity index (χ4n) is 2.81. The van der Waals surface area contributed by atoms with E-state index in [1.165, 1.54) is 12.1 Å². The standard InChI is InChI=1S/C21H19ClN2O4/c1-3-11-28-21(27)15-9-4-5-10-16(15)24-19(25)17(22)18(20(24)26)23-14-8-6-7-13(2)12-14/h4-10,12,23H,3,11H2,1-2H3. The number of nitrogens with zero attached hydrogens (tertiary/aromatic N) is 1. The highest BCUT2D eigenvalue weighted by atomic mass is 35.5. The van der Waals surface area contributed by atoms with Crippen LogP contribution in [0.25, 0.3) is 0 Å². The topological polar surface area (TPSA) is 75.7 Å². The lowest BCUT2D eigenvalue weighted by Crippen LogP contribution is -2.33. The van der Waals surface area contributed by atoms with Crippen LogP contribution in [0.1, 0.15) is 29.3 Å². The molecule has 0 spiro atoms. The molecule has 2 aromatic carbocycles. The summed E-state index contributed by atoms with van der Waals surface area (Å²) in [5, 5.41) is 2.68. The van der Waals surface area contributed by atoms with Crippen molar-refractivity contribution in [2.24, 2.45) is 0 Å². The third kappa shape index (κ3) is 3.77. The van der Waals surface area contributed by atoms with Crippen molar-refractivity contribution in [3.05, 3.63) is 70.4 Å². The molecule has 0 radical (unpaired) electrons. The van der Waals surface area contributed by atoms with Gasteiger partial charge in [0, 0.05) is 5.69 Å². The van der Waals surface area contributed by atoms with E-state index in [9.17, 15) is 14.4 Å². The third-order valence-electron chi connectivity index (χ3n) is 4.12. The van der Waals surface area contributed by atoms with Crippen LogP contribution in [-0.2, 0) is 14.3 Å². The molecule has 0 unspecified atom stereocenters. The number of hydrogen-bond acceptors (Lipinski definition) is 5. The quantitative estimate of drug-likeness (QED) is 0.588. The van der Waals surface area contributed by atoms with Gasteiger partial charge in [-0.15, -0.1) is 0 Å². The molecule has 0 aromatic heterocycles. The van der Waals surface area contributed by atoms with E-state index in [0.29, 0.717) is 12.1 Å². The Morgan fingerprint density at radius 1 is 1.11 bits per heavy atom. The Hall–Kier alpha value is -3.12. The molecular formula is C21H19ClN2O4. The van der Waals surface area contributed by atoms with Crippen LogP contribution < -0.4 is 10.2 Å². The number of nitrogens with one attached hydrogen (secondary N) is 1. The number of benzene rings is 2. The molecule has 2 aromatic rings. The van der Waals surface area contributed by atoms with E-state index in [1.807, 2.05) is 32.0 Å². The summed E-state index contributed by atoms with van der Waals surface area (Å²) in [6.07, 6.45) is 0.660. The van der Waals surface area contributed by atoms with Crippen LogP contribution in [0, 0.1) is 6.92 Å². The molecule has 0 atom stereocenters. The zero-order chi connectivity index (χ0) is 20.3. The molecule has 0 aliphatic carbocycles.